The average Bonchev–Trinajstić information content (AvgIpc) is 1.92. The Bertz CT molecular complexity index is 197. The van der Waals surface area contributed by atoms with Gasteiger partial charge < -0.3 is 0 Å². The van der Waals surface area contributed by atoms with Gasteiger partial charge in [0, 0.05) is 9.49 Å². The van der Waals surface area contributed by atoms with E-state index in [9.17, 15) is 0 Å². The lowest BCUT2D eigenvalue weighted by molar-refractivity contribution is 0.125. The van der Waals surface area contributed by atoms with Crippen molar-refractivity contribution in [1.82, 2.24) is 0 Å². The van der Waals surface area contributed by atoms with Gasteiger partial charge in [0.1, 0.15) is 0 Å². The van der Waals surface area contributed by atoms with Crippen LogP contribution in [0, 0.1) is 5.41 Å². The Morgan fingerprint density at radius 3 is 1.67 bits per heavy atom. The summed E-state index contributed by atoms with van der Waals surface area (Å²) in [5.74, 6) is 0. The summed E-state index contributed by atoms with van der Waals surface area (Å²) in [6.45, 7) is 9.82. The monoisotopic (exact) mass is 184 g/mol. The van der Waals surface area contributed by atoms with E-state index in [1.807, 2.05) is 0 Å². The molecule has 0 spiro atoms. The van der Waals surface area contributed by atoms with E-state index < -0.39 is 0 Å². The van der Waals surface area contributed by atoms with E-state index in [0.29, 0.717) is 14.9 Å². The lowest BCUT2D eigenvalue weighted by Gasteiger charge is -2.59. The first-order chi connectivity index (χ1) is 5.37. The third-order valence-corrected chi connectivity index (χ3v) is 6.27. The van der Waals surface area contributed by atoms with Crippen LogP contribution in [0.4, 0.5) is 0 Å². The molecule has 0 radical (unpaired) electrons. The Balaban J connectivity index is 2.32. The van der Waals surface area contributed by atoms with Crippen LogP contribution in [0.25, 0.3) is 0 Å². The Hall–Kier alpha value is 0.350. The van der Waals surface area contributed by atoms with Crippen LogP contribution in [0.5, 0.6) is 0 Å². The van der Waals surface area contributed by atoms with E-state index in [1.54, 1.807) is 0 Å². The third kappa shape index (κ3) is 1.05. The molecule has 0 aromatic rings. The zero-order valence-corrected chi connectivity index (χ0v) is 9.55. The van der Waals surface area contributed by atoms with Crippen molar-refractivity contribution in [3.63, 3.8) is 0 Å². The van der Waals surface area contributed by atoms with Crippen LogP contribution in [-0.2, 0) is 0 Å². The van der Waals surface area contributed by atoms with E-state index >= 15 is 0 Å². The lowest BCUT2D eigenvalue weighted by atomic mass is 9.64. The minimum atomic E-state index is 0.512. The highest BCUT2D eigenvalue weighted by atomic mass is 32.2. The van der Waals surface area contributed by atoms with Gasteiger partial charge in [0.05, 0.1) is 0 Å². The molecule has 3 rings (SSSR count). The van der Waals surface area contributed by atoms with E-state index in [0.717, 1.165) is 0 Å². The van der Waals surface area contributed by atoms with Gasteiger partial charge >= 0.3 is 0 Å². The van der Waals surface area contributed by atoms with Crippen molar-refractivity contribution >= 4 is 11.8 Å². The molecular weight excluding hydrogens is 164 g/mol. The Labute approximate surface area is 80.5 Å². The molecule has 2 saturated heterocycles. The first-order valence-electron chi connectivity index (χ1n) is 5.07. The molecule has 70 valence electrons. The van der Waals surface area contributed by atoms with Crippen LogP contribution in [-0.4, -0.2) is 9.49 Å². The van der Waals surface area contributed by atoms with E-state index in [1.165, 1.54) is 25.7 Å². The van der Waals surface area contributed by atoms with Crippen LogP contribution in [0.2, 0.25) is 0 Å². The topological polar surface area (TPSA) is 0 Å². The van der Waals surface area contributed by atoms with Gasteiger partial charge in [-0.2, -0.15) is 0 Å². The fraction of sp³-hybridized carbons (Fsp3) is 1.00. The molecule has 0 aromatic heterocycles. The number of hydrogen-bond donors (Lipinski definition) is 0. The van der Waals surface area contributed by atoms with Gasteiger partial charge in [-0.05, 0) is 31.1 Å². The Kier molecular flexibility index (Phi) is 1.66. The van der Waals surface area contributed by atoms with Gasteiger partial charge in [-0.25, -0.2) is 0 Å². The molecule has 3 fully saturated rings. The number of rotatable bonds is 0. The molecule has 1 saturated carbocycles. The minimum absolute atomic E-state index is 0.512. The summed E-state index contributed by atoms with van der Waals surface area (Å²) in [5, 5.41) is 0. The molecule has 2 bridgehead atoms. The molecule has 0 unspecified atom stereocenters. The second-order valence-corrected chi connectivity index (χ2v) is 7.83. The summed E-state index contributed by atoms with van der Waals surface area (Å²) in [6, 6.07) is 0. The number of hydrogen-bond acceptors (Lipinski definition) is 1. The zero-order valence-electron chi connectivity index (χ0n) is 8.74. The second-order valence-electron chi connectivity index (χ2n) is 5.62. The summed E-state index contributed by atoms with van der Waals surface area (Å²) in [4.78, 5) is 0. The standard InChI is InChI=1S/C11H20S/c1-9(2)10(3)5-7-11(4,12-9)8-6-10/h5-8H2,1-4H3. The molecule has 1 heteroatoms. The van der Waals surface area contributed by atoms with Crippen molar-refractivity contribution in [2.24, 2.45) is 5.41 Å². The largest absolute Gasteiger partial charge is 0.149 e. The van der Waals surface area contributed by atoms with Gasteiger partial charge in [0.25, 0.3) is 0 Å². The van der Waals surface area contributed by atoms with Crippen molar-refractivity contribution in [1.29, 1.82) is 0 Å². The maximum Gasteiger partial charge on any atom is 0.0162 e. The lowest BCUT2D eigenvalue weighted by Crippen LogP contribution is -2.53. The molecular formula is C11H20S. The molecule has 0 atom stereocenters. The van der Waals surface area contributed by atoms with Gasteiger partial charge in [0.2, 0.25) is 0 Å². The van der Waals surface area contributed by atoms with Gasteiger partial charge in [0.15, 0.2) is 0 Å². The molecule has 3 aliphatic rings. The fourth-order valence-corrected chi connectivity index (χ4v) is 4.86. The van der Waals surface area contributed by atoms with Crippen molar-refractivity contribution in [3.05, 3.63) is 0 Å². The van der Waals surface area contributed by atoms with Crippen LogP contribution >= 0.6 is 11.8 Å². The highest BCUT2D eigenvalue weighted by molar-refractivity contribution is 8.02. The summed E-state index contributed by atoms with van der Waals surface area (Å²) < 4.78 is 1.12. The molecule has 2 aliphatic heterocycles. The average molecular weight is 184 g/mol. The third-order valence-electron chi connectivity index (χ3n) is 4.37. The smallest absolute Gasteiger partial charge is 0.0162 e. The zero-order chi connectivity index (χ0) is 9.04. The van der Waals surface area contributed by atoms with E-state index in [2.05, 4.69) is 39.5 Å². The first kappa shape index (κ1) is 8.93. The molecule has 1 aliphatic carbocycles. The molecule has 2 heterocycles. The number of fused-ring (bicyclic) bond motifs is 3. The molecule has 0 nitrogen and oxygen atoms in total. The maximum atomic E-state index is 2.48. The first-order valence-corrected chi connectivity index (χ1v) is 5.89. The van der Waals surface area contributed by atoms with Crippen molar-refractivity contribution in [3.8, 4) is 0 Å². The Morgan fingerprint density at radius 2 is 1.33 bits per heavy atom. The summed E-state index contributed by atoms with van der Waals surface area (Å²) in [7, 11) is 0. The summed E-state index contributed by atoms with van der Waals surface area (Å²) >= 11 is 2.24. The van der Waals surface area contributed by atoms with Gasteiger partial charge in [-0.3, -0.25) is 0 Å². The number of thioether (sulfide) groups is 1. The summed E-state index contributed by atoms with van der Waals surface area (Å²) in [5.41, 5.74) is 0.620. The molecule has 0 aromatic carbocycles. The molecule has 12 heavy (non-hydrogen) atoms. The fourth-order valence-electron chi connectivity index (χ4n) is 2.77. The van der Waals surface area contributed by atoms with Crippen LogP contribution in [0.1, 0.15) is 53.4 Å². The predicted molar refractivity (Wildman–Crippen MR) is 56.7 cm³/mol. The van der Waals surface area contributed by atoms with Crippen molar-refractivity contribution < 1.29 is 0 Å². The quantitative estimate of drug-likeness (QED) is 0.551. The predicted octanol–water partition coefficient (Wildman–Crippen LogP) is 3.85. The second kappa shape index (κ2) is 2.23. The van der Waals surface area contributed by atoms with Crippen LogP contribution < -0.4 is 0 Å². The van der Waals surface area contributed by atoms with Crippen molar-refractivity contribution in [2.45, 2.75) is 62.9 Å². The van der Waals surface area contributed by atoms with Gasteiger partial charge in [-0.15, -0.1) is 11.8 Å². The highest BCUT2D eigenvalue weighted by Gasteiger charge is 2.54. The van der Waals surface area contributed by atoms with Crippen molar-refractivity contribution in [2.75, 3.05) is 0 Å². The minimum Gasteiger partial charge on any atom is -0.149 e. The Morgan fingerprint density at radius 1 is 0.833 bits per heavy atom. The molecule has 0 N–H and O–H groups in total. The van der Waals surface area contributed by atoms with E-state index in [-0.39, 0.29) is 0 Å². The van der Waals surface area contributed by atoms with E-state index in [4.69, 9.17) is 0 Å². The van der Waals surface area contributed by atoms with Crippen LogP contribution in [0.3, 0.4) is 0 Å². The maximum absolute atomic E-state index is 2.48. The molecule has 0 amide bonds. The van der Waals surface area contributed by atoms with Crippen LogP contribution in [0.15, 0.2) is 0 Å². The van der Waals surface area contributed by atoms with Gasteiger partial charge in [-0.1, -0.05) is 27.7 Å². The summed E-state index contributed by atoms with van der Waals surface area (Å²) in [6.07, 6.45) is 5.78. The normalized spacial score (nSPS) is 51.0. The SMILES string of the molecule is CC12CCC(C)(CC1)C(C)(C)S2. The highest BCUT2D eigenvalue weighted by Crippen LogP contribution is 2.64.